The van der Waals surface area contributed by atoms with E-state index in [1.807, 2.05) is 6.92 Å². The summed E-state index contributed by atoms with van der Waals surface area (Å²) in [6.07, 6.45) is 11.4. The van der Waals surface area contributed by atoms with Gasteiger partial charge in [0.25, 0.3) is 0 Å². The first-order chi connectivity index (χ1) is 15.4. The van der Waals surface area contributed by atoms with Crippen LogP contribution >= 0.6 is 0 Å². The third kappa shape index (κ3) is 3.47. The number of allylic oxidation sites excluding steroid dienone is 2. The van der Waals surface area contributed by atoms with E-state index in [0.29, 0.717) is 23.1 Å². The van der Waals surface area contributed by atoms with E-state index < -0.39 is 11.6 Å². The molecule has 0 radical (unpaired) electrons. The monoisotopic (exact) mass is 438 g/mol. The van der Waals surface area contributed by atoms with E-state index in [1.165, 1.54) is 19.4 Å². The Balaban J connectivity index is 1.08. The van der Waals surface area contributed by atoms with Crippen molar-refractivity contribution in [2.75, 3.05) is 25.0 Å². The van der Waals surface area contributed by atoms with Gasteiger partial charge >= 0.3 is 0 Å². The van der Waals surface area contributed by atoms with Crippen molar-refractivity contribution < 1.29 is 8.78 Å². The summed E-state index contributed by atoms with van der Waals surface area (Å²) >= 11 is 0. The maximum absolute atomic E-state index is 14.9. The summed E-state index contributed by atoms with van der Waals surface area (Å²) in [5.41, 5.74) is 1.88. The van der Waals surface area contributed by atoms with Gasteiger partial charge in [-0.15, -0.1) is 0 Å². The lowest BCUT2D eigenvalue weighted by atomic mass is 9.93. The first-order valence-corrected chi connectivity index (χ1v) is 12.1. The summed E-state index contributed by atoms with van der Waals surface area (Å²) in [7, 11) is 1.79. The Morgan fingerprint density at radius 3 is 2.41 bits per heavy atom. The van der Waals surface area contributed by atoms with Gasteiger partial charge in [-0.3, -0.25) is 4.68 Å². The van der Waals surface area contributed by atoms with E-state index in [0.717, 1.165) is 43.7 Å². The molecule has 6 heteroatoms. The third-order valence-corrected chi connectivity index (χ3v) is 8.48. The normalized spacial score (nSPS) is 33.4. The molecule has 1 aliphatic heterocycles. The second-order valence-electron chi connectivity index (χ2n) is 10.7. The zero-order valence-electron chi connectivity index (χ0n) is 18.9. The van der Waals surface area contributed by atoms with Crippen molar-refractivity contribution in [3.63, 3.8) is 0 Å². The molecule has 2 saturated carbocycles. The number of aryl methyl sites for hydroxylation is 2. The predicted molar refractivity (Wildman–Crippen MR) is 122 cm³/mol. The minimum absolute atomic E-state index is 0.220. The predicted octanol–water partition coefficient (Wildman–Crippen LogP) is 5.01. The van der Waals surface area contributed by atoms with Crippen LogP contribution in [0.5, 0.6) is 0 Å². The van der Waals surface area contributed by atoms with Crippen molar-refractivity contribution in [2.45, 2.75) is 38.6 Å². The van der Waals surface area contributed by atoms with Gasteiger partial charge < -0.3 is 10.2 Å². The summed E-state index contributed by atoms with van der Waals surface area (Å²) in [6, 6.07) is 3.58. The standard InChI is InChI=1S/C26H32F2N4/c1-15-23(14-31(2)30-15)22-5-6-24(26(28)25(22)27)29-21-9-19-12-32(13-20(19)10-21)11-18-8-16-3-4-17(18)7-16/h3-6,14,16-21,29H,7-13H2,1-2H3/t16?,17?,18?,19-,20+,21+. The van der Waals surface area contributed by atoms with Gasteiger partial charge in [-0.25, -0.2) is 8.78 Å². The first kappa shape index (κ1) is 20.4. The van der Waals surface area contributed by atoms with Crippen LogP contribution in [0, 0.1) is 48.1 Å². The van der Waals surface area contributed by atoms with Crippen molar-refractivity contribution in [3.05, 3.63) is 47.8 Å². The minimum Gasteiger partial charge on any atom is -0.380 e. The molecule has 0 amide bonds. The number of nitrogens with zero attached hydrogens (tertiary/aromatic N) is 3. The zero-order chi connectivity index (χ0) is 22.0. The Bertz CT molecular complexity index is 1050. The van der Waals surface area contributed by atoms with Gasteiger partial charge in [0.05, 0.1) is 11.4 Å². The molecule has 2 bridgehead atoms. The SMILES string of the molecule is Cc1nn(C)cc1-c1ccc(N[C@H]2C[C@@H]3CN(CC4CC5C=CC4C5)C[C@@H]3C2)c(F)c1F. The van der Waals surface area contributed by atoms with Gasteiger partial charge in [0.15, 0.2) is 11.6 Å². The van der Waals surface area contributed by atoms with Crippen molar-refractivity contribution in [2.24, 2.45) is 36.6 Å². The van der Waals surface area contributed by atoms with Crippen LogP contribution in [-0.4, -0.2) is 40.4 Å². The summed E-state index contributed by atoms with van der Waals surface area (Å²) in [5.74, 6) is 2.26. The van der Waals surface area contributed by atoms with Gasteiger partial charge in [-0.2, -0.15) is 5.10 Å². The Kier molecular flexibility index (Phi) is 4.90. The smallest absolute Gasteiger partial charge is 0.182 e. The van der Waals surface area contributed by atoms with Crippen molar-refractivity contribution >= 4 is 5.69 Å². The highest BCUT2D eigenvalue weighted by atomic mass is 19.2. The van der Waals surface area contributed by atoms with Gasteiger partial charge in [0.2, 0.25) is 0 Å². The number of rotatable bonds is 5. The molecular weight excluding hydrogens is 406 g/mol. The zero-order valence-corrected chi connectivity index (χ0v) is 18.9. The highest BCUT2D eigenvalue weighted by molar-refractivity contribution is 5.68. The Labute approximate surface area is 188 Å². The number of fused-ring (bicyclic) bond motifs is 3. The second-order valence-corrected chi connectivity index (χ2v) is 10.7. The van der Waals surface area contributed by atoms with Crippen LogP contribution in [0.3, 0.4) is 0 Å². The van der Waals surface area contributed by atoms with Gasteiger partial charge in [0.1, 0.15) is 0 Å². The largest absolute Gasteiger partial charge is 0.380 e. The van der Waals surface area contributed by atoms with Crippen LogP contribution in [0.25, 0.3) is 11.1 Å². The molecule has 3 unspecified atom stereocenters. The molecule has 1 N–H and O–H groups in total. The topological polar surface area (TPSA) is 33.1 Å². The molecule has 170 valence electrons. The molecule has 1 saturated heterocycles. The number of likely N-dealkylation sites (tertiary alicyclic amines) is 1. The van der Waals surface area contributed by atoms with E-state index in [9.17, 15) is 8.78 Å². The Morgan fingerprint density at radius 1 is 1.00 bits per heavy atom. The van der Waals surface area contributed by atoms with Crippen molar-refractivity contribution in [1.82, 2.24) is 14.7 Å². The summed E-state index contributed by atoms with van der Waals surface area (Å²) in [6.45, 7) is 5.38. The Hall–Kier alpha value is -2.21. The summed E-state index contributed by atoms with van der Waals surface area (Å²) in [4.78, 5) is 2.68. The molecule has 0 spiro atoms. The van der Waals surface area contributed by atoms with E-state index in [-0.39, 0.29) is 17.3 Å². The number of halogens is 2. The molecule has 32 heavy (non-hydrogen) atoms. The number of anilines is 1. The highest BCUT2D eigenvalue weighted by Gasteiger charge is 2.43. The van der Waals surface area contributed by atoms with Crippen LogP contribution in [-0.2, 0) is 7.05 Å². The van der Waals surface area contributed by atoms with Gasteiger partial charge in [-0.1, -0.05) is 12.2 Å². The van der Waals surface area contributed by atoms with Crippen LogP contribution in [0.1, 0.15) is 31.4 Å². The number of aromatic nitrogens is 2. The quantitative estimate of drug-likeness (QED) is 0.667. The minimum atomic E-state index is -0.796. The third-order valence-electron chi connectivity index (χ3n) is 8.48. The van der Waals surface area contributed by atoms with Crippen molar-refractivity contribution in [1.29, 1.82) is 0 Å². The lowest BCUT2D eigenvalue weighted by Gasteiger charge is -2.26. The van der Waals surface area contributed by atoms with Gasteiger partial charge in [0, 0.05) is 50.0 Å². The molecule has 2 heterocycles. The Morgan fingerprint density at radius 2 is 1.78 bits per heavy atom. The van der Waals surface area contributed by atoms with Crippen LogP contribution in [0.2, 0.25) is 0 Å². The maximum atomic E-state index is 14.9. The fraction of sp³-hybridized carbons (Fsp3) is 0.577. The molecule has 1 aromatic heterocycles. The highest BCUT2D eigenvalue weighted by Crippen LogP contribution is 2.46. The fourth-order valence-electron chi connectivity index (χ4n) is 7.05. The fourth-order valence-corrected chi connectivity index (χ4v) is 7.05. The maximum Gasteiger partial charge on any atom is 0.182 e. The number of hydrogen-bond acceptors (Lipinski definition) is 3. The van der Waals surface area contributed by atoms with E-state index in [2.05, 4.69) is 27.5 Å². The molecule has 6 atom stereocenters. The van der Waals surface area contributed by atoms with Crippen LogP contribution < -0.4 is 5.32 Å². The average Bonchev–Trinajstić information content (AvgIpc) is 3.54. The molecule has 1 aromatic carbocycles. The van der Waals surface area contributed by atoms with Crippen LogP contribution in [0.15, 0.2) is 30.5 Å². The molecular formula is C26H32F2N4. The molecule has 4 nitrogen and oxygen atoms in total. The second kappa shape index (κ2) is 7.68. The molecule has 3 aliphatic carbocycles. The summed E-state index contributed by atoms with van der Waals surface area (Å²) in [5, 5.41) is 7.57. The first-order valence-electron chi connectivity index (χ1n) is 12.1. The van der Waals surface area contributed by atoms with E-state index >= 15 is 0 Å². The number of hydrogen-bond donors (Lipinski definition) is 1. The lowest BCUT2D eigenvalue weighted by molar-refractivity contribution is 0.238. The molecule has 6 rings (SSSR count). The molecule has 3 fully saturated rings. The lowest BCUT2D eigenvalue weighted by Crippen LogP contribution is -2.31. The van der Waals surface area contributed by atoms with Gasteiger partial charge in [-0.05, 0) is 74.3 Å². The number of benzene rings is 1. The van der Waals surface area contributed by atoms with Crippen molar-refractivity contribution in [3.8, 4) is 11.1 Å². The summed E-state index contributed by atoms with van der Waals surface area (Å²) < 4.78 is 31.4. The molecule has 2 aromatic rings. The van der Waals surface area contributed by atoms with E-state index in [1.54, 1.807) is 30.1 Å². The number of nitrogens with one attached hydrogen (secondary N) is 1. The average molecular weight is 439 g/mol. The van der Waals surface area contributed by atoms with E-state index in [4.69, 9.17) is 0 Å². The van der Waals surface area contributed by atoms with Crippen LogP contribution in [0.4, 0.5) is 14.5 Å². The molecule has 4 aliphatic rings.